The van der Waals surface area contributed by atoms with Crippen LogP contribution in [0, 0.1) is 22.7 Å². The summed E-state index contributed by atoms with van der Waals surface area (Å²) in [6.07, 6.45) is 0.262. The van der Waals surface area contributed by atoms with Gasteiger partial charge in [0.25, 0.3) is 0 Å². The molecule has 1 fully saturated rings. The fourth-order valence-corrected chi connectivity index (χ4v) is 4.28. The van der Waals surface area contributed by atoms with E-state index in [0.717, 1.165) is 4.90 Å². The van der Waals surface area contributed by atoms with Crippen molar-refractivity contribution in [2.75, 3.05) is 18.1 Å². The number of primary amides is 1. The molecule has 0 saturated carbocycles. The zero-order valence-corrected chi connectivity index (χ0v) is 17.9. The number of imide groups is 1. The molecule has 1 aromatic rings. The zero-order chi connectivity index (χ0) is 22.7. The van der Waals surface area contributed by atoms with E-state index in [2.05, 4.69) is 0 Å². The quantitative estimate of drug-likeness (QED) is 0.464. The van der Waals surface area contributed by atoms with Gasteiger partial charge < -0.3 is 15.6 Å². The molecule has 1 aliphatic heterocycles. The largest absolute Gasteiger partial charge is 0.463 e. The number of esters is 1. The molecule has 1 aliphatic rings. The van der Waals surface area contributed by atoms with E-state index in [1.165, 1.54) is 6.92 Å². The normalized spacial score (nSPS) is 23.0. The number of anilines is 1. The second-order valence-corrected chi connectivity index (χ2v) is 8.35. The maximum Gasteiger partial charge on any atom is 0.311 e. The van der Waals surface area contributed by atoms with Crippen molar-refractivity contribution in [3.8, 4) is 0 Å². The lowest BCUT2D eigenvalue weighted by atomic mass is 9.62. The Morgan fingerprint density at radius 3 is 2.27 bits per heavy atom. The van der Waals surface area contributed by atoms with Crippen LogP contribution >= 0.6 is 0 Å². The minimum absolute atomic E-state index is 0.0627. The number of carbonyl (C=O) groups is 4. The average Bonchev–Trinajstić information content (AvgIpc) is 2.95. The number of ether oxygens (including phenoxy) is 1. The van der Waals surface area contributed by atoms with Crippen molar-refractivity contribution in [2.45, 2.75) is 40.5 Å². The predicted octanol–water partition coefficient (Wildman–Crippen LogP) is 1.65. The van der Waals surface area contributed by atoms with Crippen LogP contribution in [0.15, 0.2) is 30.3 Å². The summed E-state index contributed by atoms with van der Waals surface area (Å²) >= 11 is 0. The maximum absolute atomic E-state index is 13.3. The molecule has 4 atom stereocenters. The first kappa shape index (κ1) is 23.5. The number of hydrogen-bond donors (Lipinski definition) is 2. The third-order valence-electron chi connectivity index (χ3n) is 6.22. The van der Waals surface area contributed by atoms with Crippen molar-refractivity contribution >= 4 is 29.4 Å². The van der Waals surface area contributed by atoms with Crippen LogP contribution in [0.4, 0.5) is 5.69 Å². The van der Waals surface area contributed by atoms with Gasteiger partial charge in [0.15, 0.2) is 0 Å². The molecule has 1 saturated heterocycles. The fraction of sp³-hybridized carbons (Fsp3) is 0.545. The summed E-state index contributed by atoms with van der Waals surface area (Å²) in [7, 11) is 0. The number of rotatable bonds is 9. The zero-order valence-electron chi connectivity index (χ0n) is 17.9. The number of nitrogens with zero attached hydrogens (tertiary/aromatic N) is 1. The Bertz CT molecular complexity index is 826. The number of benzene rings is 1. The Labute approximate surface area is 176 Å². The first-order chi connectivity index (χ1) is 14.0. The highest BCUT2D eigenvalue weighted by atomic mass is 16.5. The molecule has 2 rings (SSSR count). The summed E-state index contributed by atoms with van der Waals surface area (Å²) in [6.45, 7) is 6.04. The van der Waals surface area contributed by atoms with Crippen molar-refractivity contribution in [1.29, 1.82) is 0 Å². The molecule has 0 aliphatic carbocycles. The Kier molecular flexibility index (Phi) is 7.02. The van der Waals surface area contributed by atoms with E-state index >= 15 is 0 Å². The van der Waals surface area contributed by atoms with Crippen molar-refractivity contribution in [2.24, 2.45) is 28.4 Å². The summed E-state index contributed by atoms with van der Waals surface area (Å²) in [5.41, 5.74) is 3.60. The first-order valence-corrected chi connectivity index (χ1v) is 10.0. The summed E-state index contributed by atoms with van der Waals surface area (Å²) in [6, 6.07) is 8.50. The van der Waals surface area contributed by atoms with E-state index in [1.807, 2.05) is 0 Å². The average molecular weight is 418 g/mol. The lowest BCUT2D eigenvalue weighted by molar-refractivity contribution is -0.161. The van der Waals surface area contributed by atoms with Gasteiger partial charge in [-0.3, -0.25) is 24.1 Å². The van der Waals surface area contributed by atoms with E-state index < -0.39 is 46.4 Å². The summed E-state index contributed by atoms with van der Waals surface area (Å²) in [4.78, 5) is 52.6. The molecule has 0 aromatic heterocycles. The minimum atomic E-state index is -1.46. The van der Waals surface area contributed by atoms with E-state index in [-0.39, 0.29) is 19.6 Å². The smallest absolute Gasteiger partial charge is 0.311 e. The Hall–Kier alpha value is -2.74. The number of aliphatic hydroxyl groups is 1. The maximum atomic E-state index is 13.3. The van der Waals surface area contributed by atoms with E-state index in [0.29, 0.717) is 12.1 Å². The highest BCUT2D eigenvalue weighted by Crippen LogP contribution is 2.48. The molecule has 8 heteroatoms. The predicted molar refractivity (Wildman–Crippen MR) is 110 cm³/mol. The van der Waals surface area contributed by atoms with Crippen LogP contribution in [0.3, 0.4) is 0 Å². The molecule has 1 heterocycles. The van der Waals surface area contributed by atoms with E-state index in [4.69, 9.17) is 15.6 Å². The van der Waals surface area contributed by atoms with Gasteiger partial charge in [-0.15, -0.1) is 0 Å². The van der Waals surface area contributed by atoms with Gasteiger partial charge in [-0.2, -0.15) is 0 Å². The standard InChI is InChI=1S/C22H30N2O6/c1-5-21(3,20(29)30-12-11-25)13-22(4,19(23)28)16-14(2)17(26)24(18(16)27)15-9-7-6-8-10-15/h6-10,14,16,25H,5,11-13H2,1-4H3,(H2,23,28). The lowest BCUT2D eigenvalue weighted by Crippen LogP contribution is -2.50. The van der Waals surface area contributed by atoms with Crippen LogP contribution in [0.5, 0.6) is 0 Å². The number of hydrogen-bond acceptors (Lipinski definition) is 6. The first-order valence-electron chi connectivity index (χ1n) is 10.0. The third kappa shape index (κ3) is 4.09. The van der Waals surface area contributed by atoms with E-state index in [9.17, 15) is 19.2 Å². The van der Waals surface area contributed by atoms with Gasteiger partial charge in [0.1, 0.15) is 6.61 Å². The molecule has 0 radical (unpaired) electrons. The van der Waals surface area contributed by atoms with Crippen LogP contribution in [-0.4, -0.2) is 42.0 Å². The highest BCUT2D eigenvalue weighted by molar-refractivity contribution is 6.23. The number of para-hydroxylation sites is 1. The van der Waals surface area contributed by atoms with Gasteiger partial charge in [0.05, 0.1) is 29.0 Å². The molecule has 3 amide bonds. The van der Waals surface area contributed by atoms with Crippen LogP contribution in [-0.2, 0) is 23.9 Å². The molecule has 8 nitrogen and oxygen atoms in total. The molecule has 0 bridgehead atoms. The molecule has 30 heavy (non-hydrogen) atoms. The number of carbonyl (C=O) groups excluding carboxylic acids is 4. The topological polar surface area (TPSA) is 127 Å². The molecule has 0 spiro atoms. The Balaban J connectivity index is 2.45. The molecular formula is C22H30N2O6. The van der Waals surface area contributed by atoms with Crippen molar-refractivity contribution in [3.63, 3.8) is 0 Å². The molecule has 3 N–H and O–H groups in total. The van der Waals surface area contributed by atoms with Gasteiger partial charge in [0.2, 0.25) is 17.7 Å². The summed E-state index contributed by atoms with van der Waals surface area (Å²) in [5.74, 6) is -4.07. The van der Waals surface area contributed by atoms with Crippen molar-refractivity contribution in [3.05, 3.63) is 30.3 Å². The fourth-order valence-electron chi connectivity index (χ4n) is 4.28. The summed E-state index contributed by atoms with van der Waals surface area (Å²) < 4.78 is 5.10. The monoisotopic (exact) mass is 418 g/mol. The minimum Gasteiger partial charge on any atom is -0.463 e. The van der Waals surface area contributed by atoms with E-state index in [1.54, 1.807) is 51.1 Å². The molecule has 1 aromatic carbocycles. The van der Waals surface area contributed by atoms with Gasteiger partial charge in [-0.05, 0) is 38.8 Å². The molecule has 164 valence electrons. The lowest BCUT2D eigenvalue weighted by Gasteiger charge is -2.39. The van der Waals surface area contributed by atoms with Gasteiger partial charge in [-0.25, -0.2) is 0 Å². The SMILES string of the molecule is CCC(C)(CC(C)(C(N)=O)C1C(=O)N(c2ccccc2)C(=O)C1C)C(=O)OCCO. The number of nitrogens with two attached hydrogens (primary N) is 1. The molecule has 4 unspecified atom stereocenters. The van der Waals surface area contributed by atoms with Crippen LogP contribution in [0.25, 0.3) is 0 Å². The second kappa shape index (κ2) is 8.95. The third-order valence-corrected chi connectivity index (χ3v) is 6.22. The number of amides is 3. The van der Waals surface area contributed by atoms with Crippen LogP contribution < -0.4 is 10.6 Å². The number of aliphatic hydroxyl groups excluding tert-OH is 1. The second-order valence-electron chi connectivity index (χ2n) is 8.35. The van der Waals surface area contributed by atoms with Crippen LogP contribution in [0.2, 0.25) is 0 Å². The van der Waals surface area contributed by atoms with Crippen LogP contribution in [0.1, 0.15) is 40.5 Å². The summed E-state index contributed by atoms with van der Waals surface area (Å²) in [5, 5.41) is 8.94. The van der Waals surface area contributed by atoms with Gasteiger partial charge >= 0.3 is 5.97 Å². The highest BCUT2D eigenvalue weighted by Gasteiger charge is 2.59. The van der Waals surface area contributed by atoms with Gasteiger partial charge in [0, 0.05) is 5.92 Å². The Morgan fingerprint density at radius 1 is 1.17 bits per heavy atom. The Morgan fingerprint density at radius 2 is 1.77 bits per heavy atom. The molecular weight excluding hydrogens is 388 g/mol. The van der Waals surface area contributed by atoms with Crippen molar-refractivity contribution in [1.82, 2.24) is 0 Å². The van der Waals surface area contributed by atoms with Gasteiger partial charge in [-0.1, -0.05) is 32.0 Å². The van der Waals surface area contributed by atoms with Crippen molar-refractivity contribution < 1.29 is 29.0 Å².